The molecule has 1 fully saturated rings. The van der Waals surface area contributed by atoms with Crippen LogP contribution in [0, 0.1) is 5.82 Å². The van der Waals surface area contributed by atoms with Crippen molar-refractivity contribution < 1.29 is 13.6 Å². The molecule has 2 aromatic carbocycles. The fourth-order valence-electron chi connectivity index (χ4n) is 4.22. The van der Waals surface area contributed by atoms with Crippen LogP contribution in [0.2, 0.25) is 5.02 Å². The van der Waals surface area contributed by atoms with Crippen molar-refractivity contribution in [3.8, 4) is 22.7 Å². The van der Waals surface area contributed by atoms with Gasteiger partial charge < -0.3 is 14.3 Å². The van der Waals surface area contributed by atoms with Crippen molar-refractivity contribution in [1.29, 1.82) is 0 Å². The van der Waals surface area contributed by atoms with Crippen molar-refractivity contribution >= 4 is 23.2 Å². The summed E-state index contributed by atoms with van der Waals surface area (Å²) in [4.78, 5) is 17.4. The number of benzene rings is 2. The van der Waals surface area contributed by atoms with Crippen LogP contribution in [0.1, 0.15) is 42.3 Å². The lowest BCUT2D eigenvalue weighted by Crippen LogP contribution is -2.11. The van der Waals surface area contributed by atoms with E-state index in [0.29, 0.717) is 28.2 Å². The van der Waals surface area contributed by atoms with Crippen LogP contribution in [0.25, 0.3) is 22.7 Å². The molecular formula is C25H21ClFN3O2. The van der Waals surface area contributed by atoms with E-state index in [0.717, 1.165) is 36.9 Å². The van der Waals surface area contributed by atoms with Crippen molar-refractivity contribution in [3.63, 3.8) is 0 Å². The van der Waals surface area contributed by atoms with Crippen molar-refractivity contribution in [2.24, 2.45) is 0 Å². The quantitative estimate of drug-likeness (QED) is 0.358. The SMILES string of the molecule is O=C(Nc1ccccc1Cl)c1ccc(-c2c(-c3ccc(F)cc3)ncn2C2CCCC2)o1. The number of halogens is 2. The second-order valence-electron chi connectivity index (χ2n) is 7.89. The van der Waals surface area contributed by atoms with E-state index in [-0.39, 0.29) is 17.5 Å². The number of hydrogen-bond donors (Lipinski definition) is 1. The van der Waals surface area contributed by atoms with Crippen LogP contribution in [-0.2, 0) is 0 Å². The van der Waals surface area contributed by atoms with Crippen LogP contribution >= 0.6 is 11.6 Å². The van der Waals surface area contributed by atoms with Crippen molar-refractivity contribution in [1.82, 2.24) is 9.55 Å². The largest absolute Gasteiger partial charge is 0.449 e. The average Bonchev–Trinajstić information content (AvgIpc) is 3.55. The highest BCUT2D eigenvalue weighted by Crippen LogP contribution is 2.39. The molecule has 5 rings (SSSR count). The Labute approximate surface area is 189 Å². The maximum absolute atomic E-state index is 13.5. The predicted octanol–water partition coefficient (Wildman–Crippen LogP) is 6.97. The first-order valence-corrected chi connectivity index (χ1v) is 11.0. The Morgan fingerprint density at radius 3 is 2.56 bits per heavy atom. The Hall–Kier alpha value is -3.38. The highest BCUT2D eigenvalue weighted by molar-refractivity contribution is 6.33. The summed E-state index contributed by atoms with van der Waals surface area (Å²) in [7, 11) is 0. The minimum Gasteiger partial charge on any atom is -0.449 e. The van der Waals surface area contributed by atoms with Crippen LogP contribution in [0.5, 0.6) is 0 Å². The van der Waals surface area contributed by atoms with Gasteiger partial charge in [0, 0.05) is 11.6 Å². The minimum atomic E-state index is -0.389. The van der Waals surface area contributed by atoms with Gasteiger partial charge in [-0.15, -0.1) is 0 Å². The van der Waals surface area contributed by atoms with Gasteiger partial charge in [0.2, 0.25) is 0 Å². The Morgan fingerprint density at radius 2 is 1.81 bits per heavy atom. The molecule has 4 aromatic rings. The van der Waals surface area contributed by atoms with Gasteiger partial charge >= 0.3 is 0 Å². The summed E-state index contributed by atoms with van der Waals surface area (Å²) < 4.78 is 21.6. The lowest BCUT2D eigenvalue weighted by Gasteiger charge is -2.15. The summed E-state index contributed by atoms with van der Waals surface area (Å²) >= 11 is 6.15. The van der Waals surface area contributed by atoms with Crippen LogP contribution in [0.4, 0.5) is 10.1 Å². The van der Waals surface area contributed by atoms with E-state index in [1.807, 2.05) is 6.33 Å². The standard InChI is InChI=1S/C25H21ClFN3O2/c26-19-7-3-4-8-20(19)29-25(31)22-14-13-21(32-22)24-23(16-9-11-17(27)12-10-16)28-15-30(24)18-5-1-2-6-18/h3-4,7-15,18H,1-2,5-6H2,(H,29,31). The molecule has 1 aliphatic carbocycles. The zero-order valence-corrected chi connectivity index (χ0v) is 18.0. The Balaban J connectivity index is 1.52. The van der Waals surface area contributed by atoms with Gasteiger partial charge in [-0.1, -0.05) is 36.6 Å². The lowest BCUT2D eigenvalue weighted by atomic mass is 10.1. The second-order valence-corrected chi connectivity index (χ2v) is 8.30. The smallest absolute Gasteiger partial charge is 0.291 e. The predicted molar refractivity (Wildman–Crippen MR) is 122 cm³/mol. The number of carbonyl (C=O) groups is 1. The number of amides is 1. The fourth-order valence-corrected chi connectivity index (χ4v) is 4.40. The summed E-state index contributed by atoms with van der Waals surface area (Å²) in [6.45, 7) is 0. The summed E-state index contributed by atoms with van der Waals surface area (Å²) in [6, 6.07) is 17.0. The molecule has 7 heteroatoms. The summed E-state index contributed by atoms with van der Waals surface area (Å²) in [5, 5.41) is 3.23. The van der Waals surface area contributed by atoms with Gasteiger partial charge in [0.05, 0.1) is 22.7 Å². The maximum Gasteiger partial charge on any atom is 0.291 e. The van der Waals surface area contributed by atoms with Gasteiger partial charge in [0.1, 0.15) is 11.5 Å². The molecule has 0 radical (unpaired) electrons. The number of nitrogens with one attached hydrogen (secondary N) is 1. The molecule has 0 spiro atoms. The second kappa shape index (κ2) is 8.63. The first-order valence-electron chi connectivity index (χ1n) is 10.6. The average molecular weight is 450 g/mol. The molecule has 1 saturated carbocycles. The van der Waals surface area contributed by atoms with E-state index < -0.39 is 0 Å². The Bertz CT molecular complexity index is 1260. The molecule has 2 heterocycles. The zero-order chi connectivity index (χ0) is 22.1. The Kier molecular flexibility index (Phi) is 5.53. The van der Waals surface area contributed by atoms with Crippen molar-refractivity contribution in [2.45, 2.75) is 31.7 Å². The van der Waals surface area contributed by atoms with E-state index in [1.165, 1.54) is 12.1 Å². The number of rotatable bonds is 5. The molecular weight excluding hydrogens is 429 g/mol. The Morgan fingerprint density at radius 1 is 1.06 bits per heavy atom. The number of hydrogen-bond acceptors (Lipinski definition) is 3. The number of anilines is 1. The number of para-hydroxylation sites is 1. The molecule has 1 aliphatic rings. The van der Waals surface area contributed by atoms with E-state index in [4.69, 9.17) is 16.0 Å². The summed E-state index contributed by atoms with van der Waals surface area (Å²) in [5.74, 6) is 0.0175. The molecule has 0 aliphatic heterocycles. The van der Waals surface area contributed by atoms with Crippen LogP contribution < -0.4 is 5.32 Å². The lowest BCUT2D eigenvalue weighted by molar-refractivity contribution is 0.0997. The maximum atomic E-state index is 13.5. The van der Waals surface area contributed by atoms with Gasteiger partial charge in [0.25, 0.3) is 5.91 Å². The first-order chi connectivity index (χ1) is 15.6. The fraction of sp³-hybridized carbons (Fsp3) is 0.200. The van der Waals surface area contributed by atoms with Gasteiger partial charge in [0.15, 0.2) is 11.5 Å². The molecule has 32 heavy (non-hydrogen) atoms. The summed E-state index contributed by atoms with van der Waals surface area (Å²) in [6.07, 6.45) is 6.27. The molecule has 0 unspecified atom stereocenters. The van der Waals surface area contributed by atoms with Gasteiger partial charge in [-0.25, -0.2) is 9.37 Å². The van der Waals surface area contributed by atoms with Crippen LogP contribution in [0.15, 0.2) is 71.4 Å². The van der Waals surface area contributed by atoms with Gasteiger partial charge in [-0.3, -0.25) is 4.79 Å². The zero-order valence-electron chi connectivity index (χ0n) is 17.2. The van der Waals surface area contributed by atoms with Gasteiger partial charge in [-0.2, -0.15) is 0 Å². The number of imidazole rings is 1. The topological polar surface area (TPSA) is 60.1 Å². The van der Waals surface area contributed by atoms with E-state index >= 15 is 0 Å². The molecule has 5 nitrogen and oxygen atoms in total. The molecule has 0 bridgehead atoms. The number of aromatic nitrogens is 2. The number of nitrogens with zero attached hydrogens (tertiary/aromatic N) is 2. The molecule has 2 aromatic heterocycles. The van der Waals surface area contributed by atoms with E-state index in [1.54, 1.807) is 48.5 Å². The van der Waals surface area contributed by atoms with E-state index in [9.17, 15) is 9.18 Å². The number of furan rings is 1. The number of carbonyl (C=O) groups excluding carboxylic acids is 1. The first kappa shape index (κ1) is 20.5. The molecule has 162 valence electrons. The van der Waals surface area contributed by atoms with Crippen molar-refractivity contribution in [3.05, 3.63) is 83.6 Å². The molecule has 0 saturated heterocycles. The van der Waals surface area contributed by atoms with Crippen molar-refractivity contribution in [2.75, 3.05) is 5.32 Å². The molecule has 1 amide bonds. The third-order valence-electron chi connectivity index (χ3n) is 5.81. The normalized spacial score (nSPS) is 14.1. The highest BCUT2D eigenvalue weighted by atomic mass is 35.5. The monoisotopic (exact) mass is 449 g/mol. The molecule has 0 atom stereocenters. The van der Waals surface area contributed by atoms with Crippen LogP contribution in [-0.4, -0.2) is 15.5 Å². The summed E-state index contributed by atoms with van der Waals surface area (Å²) in [5.41, 5.74) is 2.79. The third kappa shape index (κ3) is 3.94. The van der Waals surface area contributed by atoms with E-state index in [2.05, 4.69) is 14.9 Å². The third-order valence-corrected chi connectivity index (χ3v) is 6.14. The molecule has 1 N–H and O–H groups in total. The minimum absolute atomic E-state index is 0.171. The van der Waals surface area contributed by atoms with Gasteiger partial charge in [-0.05, 0) is 61.4 Å². The van der Waals surface area contributed by atoms with Crippen LogP contribution in [0.3, 0.4) is 0 Å². The highest BCUT2D eigenvalue weighted by Gasteiger charge is 2.26.